The second-order valence-electron chi connectivity index (χ2n) is 4.33. The Balaban J connectivity index is 2.48. The summed E-state index contributed by atoms with van der Waals surface area (Å²) in [4.78, 5) is 17.7. The lowest BCUT2D eigenvalue weighted by Gasteiger charge is -2.18. The van der Waals surface area contributed by atoms with Gasteiger partial charge < -0.3 is 15.6 Å². The van der Waals surface area contributed by atoms with Gasteiger partial charge in [0.05, 0.1) is 19.6 Å². The maximum atomic E-state index is 11.6. The van der Waals surface area contributed by atoms with Gasteiger partial charge in [0, 0.05) is 6.04 Å². The summed E-state index contributed by atoms with van der Waals surface area (Å²) in [5, 5.41) is 6.65. The number of aromatic nitrogens is 2. The van der Waals surface area contributed by atoms with E-state index in [4.69, 9.17) is 10.3 Å². The van der Waals surface area contributed by atoms with E-state index in [1.54, 1.807) is 0 Å². The summed E-state index contributed by atoms with van der Waals surface area (Å²) >= 11 is 0. The molecule has 0 fully saturated rings. The topological polar surface area (TPSA) is 97.3 Å². The van der Waals surface area contributed by atoms with Crippen molar-refractivity contribution in [2.24, 2.45) is 5.73 Å². The standard InChI is InChI=1S/C11H21N5O2/c1-4-16(7-10(17)13-8(2)3)6-9-14-11(5-12)18-15-9/h8H,4-7,12H2,1-3H3,(H,13,17). The van der Waals surface area contributed by atoms with Gasteiger partial charge >= 0.3 is 0 Å². The van der Waals surface area contributed by atoms with Gasteiger partial charge in [-0.3, -0.25) is 9.69 Å². The minimum absolute atomic E-state index is 0.00519. The molecule has 1 rings (SSSR count). The van der Waals surface area contributed by atoms with E-state index in [1.165, 1.54) is 0 Å². The summed E-state index contributed by atoms with van der Waals surface area (Å²) in [6.45, 7) is 7.60. The van der Waals surface area contributed by atoms with Gasteiger partial charge in [0.1, 0.15) is 0 Å². The third-order valence-electron chi connectivity index (χ3n) is 2.31. The highest BCUT2D eigenvalue weighted by atomic mass is 16.5. The molecule has 0 bridgehead atoms. The summed E-state index contributed by atoms with van der Waals surface area (Å²) in [6.07, 6.45) is 0. The van der Waals surface area contributed by atoms with Crippen LogP contribution >= 0.6 is 0 Å². The third kappa shape index (κ3) is 4.80. The Bertz CT molecular complexity index is 377. The Kier molecular flexibility index (Phi) is 5.73. The van der Waals surface area contributed by atoms with Crippen molar-refractivity contribution < 1.29 is 9.32 Å². The average molecular weight is 255 g/mol. The van der Waals surface area contributed by atoms with Crippen LogP contribution in [0.15, 0.2) is 4.52 Å². The zero-order valence-corrected chi connectivity index (χ0v) is 11.1. The molecule has 0 spiro atoms. The zero-order valence-electron chi connectivity index (χ0n) is 11.1. The molecule has 0 unspecified atom stereocenters. The van der Waals surface area contributed by atoms with Gasteiger partial charge in [-0.2, -0.15) is 4.98 Å². The Morgan fingerprint density at radius 1 is 1.56 bits per heavy atom. The largest absolute Gasteiger partial charge is 0.353 e. The Morgan fingerprint density at radius 3 is 2.78 bits per heavy atom. The van der Waals surface area contributed by atoms with Gasteiger partial charge in [0.25, 0.3) is 0 Å². The smallest absolute Gasteiger partial charge is 0.240 e. The fourth-order valence-electron chi connectivity index (χ4n) is 1.49. The van der Waals surface area contributed by atoms with Crippen LogP contribution < -0.4 is 11.1 Å². The predicted octanol–water partition coefficient (Wildman–Crippen LogP) is -0.125. The van der Waals surface area contributed by atoms with Crippen LogP contribution in [0.3, 0.4) is 0 Å². The molecule has 3 N–H and O–H groups in total. The van der Waals surface area contributed by atoms with Gasteiger partial charge in [0.2, 0.25) is 11.8 Å². The second kappa shape index (κ2) is 7.07. The highest BCUT2D eigenvalue weighted by Gasteiger charge is 2.13. The third-order valence-corrected chi connectivity index (χ3v) is 2.31. The van der Waals surface area contributed by atoms with Crippen molar-refractivity contribution in [3.05, 3.63) is 11.7 Å². The Morgan fingerprint density at radius 2 is 2.28 bits per heavy atom. The summed E-state index contributed by atoms with van der Waals surface area (Å²) < 4.78 is 4.92. The zero-order chi connectivity index (χ0) is 13.5. The molecule has 1 amide bonds. The monoisotopic (exact) mass is 255 g/mol. The molecule has 1 heterocycles. The van der Waals surface area contributed by atoms with Crippen molar-refractivity contribution in [1.82, 2.24) is 20.4 Å². The SMILES string of the molecule is CCN(CC(=O)NC(C)C)Cc1noc(CN)n1. The first-order chi connectivity index (χ1) is 8.55. The first kappa shape index (κ1) is 14.6. The number of rotatable bonds is 7. The average Bonchev–Trinajstić information content (AvgIpc) is 2.74. The fourth-order valence-corrected chi connectivity index (χ4v) is 1.49. The molecule has 0 aromatic carbocycles. The lowest BCUT2D eigenvalue weighted by Crippen LogP contribution is -2.39. The molecule has 7 heteroatoms. The lowest BCUT2D eigenvalue weighted by atomic mass is 10.3. The highest BCUT2D eigenvalue weighted by molar-refractivity contribution is 5.78. The Hall–Kier alpha value is -1.47. The van der Waals surface area contributed by atoms with Crippen LogP contribution in [-0.4, -0.2) is 40.1 Å². The van der Waals surface area contributed by atoms with Crippen LogP contribution in [0.1, 0.15) is 32.5 Å². The molecule has 7 nitrogen and oxygen atoms in total. The maximum Gasteiger partial charge on any atom is 0.240 e. The quantitative estimate of drug-likeness (QED) is 0.704. The van der Waals surface area contributed by atoms with E-state index < -0.39 is 0 Å². The van der Waals surface area contributed by atoms with E-state index in [0.29, 0.717) is 24.8 Å². The summed E-state index contributed by atoms with van der Waals surface area (Å²) in [7, 11) is 0. The molecule has 0 aliphatic rings. The van der Waals surface area contributed by atoms with Crippen molar-refractivity contribution >= 4 is 5.91 Å². The number of nitrogens with zero attached hydrogens (tertiary/aromatic N) is 3. The molecule has 1 aromatic heterocycles. The first-order valence-electron chi connectivity index (χ1n) is 6.08. The maximum absolute atomic E-state index is 11.6. The van der Waals surface area contributed by atoms with Gasteiger partial charge in [-0.15, -0.1) is 0 Å². The molecule has 0 aliphatic carbocycles. The molecular formula is C11H21N5O2. The molecule has 0 radical (unpaired) electrons. The van der Waals surface area contributed by atoms with Gasteiger partial charge in [-0.25, -0.2) is 0 Å². The molecule has 0 aliphatic heterocycles. The number of carbonyl (C=O) groups excluding carboxylic acids is 1. The van der Waals surface area contributed by atoms with Crippen molar-refractivity contribution in [2.75, 3.05) is 13.1 Å². The Labute approximate surface area is 107 Å². The number of hydrogen-bond donors (Lipinski definition) is 2. The van der Waals surface area contributed by atoms with E-state index >= 15 is 0 Å². The van der Waals surface area contributed by atoms with Crippen LogP contribution in [0, 0.1) is 0 Å². The minimum atomic E-state index is -0.00519. The minimum Gasteiger partial charge on any atom is -0.353 e. The number of amides is 1. The number of carbonyl (C=O) groups is 1. The fraction of sp³-hybridized carbons (Fsp3) is 0.727. The van der Waals surface area contributed by atoms with Crippen LogP contribution in [0.5, 0.6) is 0 Å². The first-order valence-corrected chi connectivity index (χ1v) is 6.08. The van der Waals surface area contributed by atoms with E-state index in [2.05, 4.69) is 15.5 Å². The van der Waals surface area contributed by atoms with Crippen LogP contribution in [0.4, 0.5) is 0 Å². The van der Waals surface area contributed by atoms with Crippen LogP contribution in [-0.2, 0) is 17.9 Å². The highest BCUT2D eigenvalue weighted by Crippen LogP contribution is 2.01. The van der Waals surface area contributed by atoms with Gasteiger partial charge in [0.15, 0.2) is 5.82 Å². The summed E-state index contributed by atoms with van der Waals surface area (Å²) in [5.74, 6) is 0.955. The summed E-state index contributed by atoms with van der Waals surface area (Å²) in [5.41, 5.74) is 5.39. The lowest BCUT2D eigenvalue weighted by molar-refractivity contribution is -0.122. The van der Waals surface area contributed by atoms with Crippen molar-refractivity contribution in [2.45, 2.75) is 39.9 Å². The number of hydrogen-bond acceptors (Lipinski definition) is 6. The number of likely N-dealkylation sites (N-methyl/N-ethyl adjacent to an activating group) is 1. The van der Waals surface area contributed by atoms with Crippen molar-refractivity contribution in [3.8, 4) is 0 Å². The number of nitrogens with two attached hydrogens (primary N) is 1. The molecule has 102 valence electrons. The van der Waals surface area contributed by atoms with E-state index in [1.807, 2.05) is 25.7 Å². The van der Waals surface area contributed by atoms with Crippen molar-refractivity contribution in [1.29, 1.82) is 0 Å². The molecular weight excluding hydrogens is 234 g/mol. The molecule has 0 saturated carbocycles. The molecule has 0 saturated heterocycles. The molecule has 18 heavy (non-hydrogen) atoms. The summed E-state index contributed by atoms with van der Waals surface area (Å²) in [6, 6.07) is 0.144. The molecule has 0 atom stereocenters. The molecule has 1 aromatic rings. The van der Waals surface area contributed by atoms with Crippen LogP contribution in [0.2, 0.25) is 0 Å². The van der Waals surface area contributed by atoms with E-state index in [-0.39, 0.29) is 18.5 Å². The van der Waals surface area contributed by atoms with E-state index in [0.717, 1.165) is 6.54 Å². The predicted molar refractivity (Wildman–Crippen MR) is 66.4 cm³/mol. The van der Waals surface area contributed by atoms with E-state index in [9.17, 15) is 4.79 Å². The van der Waals surface area contributed by atoms with Gasteiger partial charge in [-0.1, -0.05) is 12.1 Å². The number of nitrogens with one attached hydrogen (secondary N) is 1. The van der Waals surface area contributed by atoms with Crippen molar-refractivity contribution in [3.63, 3.8) is 0 Å². The van der Waals surface area contributed by atoms with Gasteiger partial charge in [-0.05, 0) is 20.4 Å². The second-order valence-corrected chi connectivity index (χ2v) is 4.33. The van der Waals surface area contributed by atoms with Crippen LogP contribution in [0.25, 0.3) is 0 Å². The normalized spacial score (nSPS) is 11.2.